The summed E-state index contributed by atoms with van der Waals surface area (Å²) in [5.41, 5.74) is 1.12. The van der Waals surface area contributed by atoms with Crippen LogP contribution in [0.5, 0.6) is 0 Å². The molecule has 6 heteroatoms. The number of amides is 1. The van der Waals surface area contributed by atoms with Crippen molar-refractivity contribution in [3.63, 3.8) is 0 Å². The molecule has 6 nitrogen and oxygen atoms in total. The third-order valence-corrected chi connectivity index (χ3v) is 4.35. The Bertz CT molecular complexity index is 491. The normalized spacial score (nSPS) is 16.1. The summed E-state index contributed by atoms with van der Waals surface area (Å²) in [6.45, 7) is 12.7. The molecule has 1 aromatic heterocycles. The predicted octanol–water partition coefficient (Wildman–Crippen LogP) is 1.53. The maximum Gasteiger partial charge on any atom is 0.224 e. The highest BCUT2D eigenvalue weighted by atomic mass is 16.2. The molecule has 2 rings (SSSR count). The lowest BCUT2D eigenvalue weighted by molar-refractivity contribution is -0.132. The molecule has 0 unspecified atom stereocenters. The quantitative estimate of drug-likeness (QED) is 0.764. The van der Waals surface area contributed by atoms with Crippen molar-refractivity contribution < 1.29 is 4.79 Å². The van der Waals surface area contributed by atoms with E-state index in [2.05, 4.69) is 48.9 Å². The zero-order chi connectivity index (χ0) is 16.8. The Morgan fingerprint density at radius 2 is 2.00 bits per heavy atom. The van der Waals surface area contributed by atoms with E-state index in [1.165, 1.54) is 0 Å². The number of rotatable bonds is 7. The largest absolute Gasteiger partial charge is 0.368 e. The first-order chi connectivity index (χ1) is 11.0. The lowest BCUT2D eigenvalue weighted by Gasteiger charge is -2.33. The average molecular weight is 321 g/mol. The van der Waals surface area contributed by atoms with Gasteiger partial charge in [-0.1, -0.05) is 13.8 Å². The van der Waals surface area contributed by atoms with Crippen LogP contribution in [0.25, 0.3) is 0 Å². The second-order valence-corrected chi connectivity index (χ2v) is 6.83. The summed E-state index contributed by atoms with van der Waals surface area (Å²) in [4.78, 5) is 19.0. The topological polar surface area (TPSA) is 44.6 Å². The van der Waals surface area contributed by atoms with Crippen LogP contribution < -0.4 is 4.90 Å². The van der Waals surface area contributed by atoms with Crippen molar-refractivity contribution in [3.8, 4) is 0 Å². The molecule has 1 fully saturated rings. The van der Waals surface area contributed by atoms with Gasteiger partial charge in [-0.05, 0) is 19.9 Å². The van der Waals surface area contributed by atoms with Gasteiger partial charge in [-0.3, -0.25) is 9.48 Å². The summed E-state index contributed by atoms with van der Waals surface area (Å²) < 4.78 is 1.94. The SMILES string of the molecule is CCn1cc(N(CCC(=O)N2CCN(C)CC2)CC(C)C)cn1. The van der Waals surface area contributed by atoms with Crippen LogP contribution in [0.2, 0.25) is 0 Å². The van der Waals surface area contributed by atoms with Gasteiger partial charge in [0, 0.05) is 58.4 Å². The fraction of sp³-hybridized carbons (Fsp3) is 0.765. The van der Waals surface area contributed by atoms with Gasteiger partial charge in [0.1, 0.15) is 0 Å². The third kappa shape index (κ3) is 5.23. The van der Waals surface area contributed by atoms with Crippen molar-refractivity contribution in [2.75, 3.05) is 51.2 Å². The van der Waals surface area contributed by atoms with Gasteiger partial charge < -0.3 is 14.7 Å². The van der Waals surface area contributed by atoms with E-state index >= 15 is 0 Å². The fourth-order valence-corrected chi connectivity index (χ4v) is 2.90. The molecule has 1 aliphatic rings. The van der Waals surface area contributed by atoms with Crippen LogP contribution >= 0.6 is 0 Å². The minimum atomic E-state index is 0.273. The Kier molecular flexibility index (Phi) is 6.45. The lowest BCUT2D eigenvalue weighted by Crippen LogP contribution is -2.47. The molecular formula is C17H31N5O. The van der Waals surface area contributed by atoms with Crippen molar-refractivity contribution in [1.29, 1.82) is 0 Å². The van der Waals surface area contributed by atoms with Gasteiger partial charge in [-0.15, -0.1) is 0 Å². The van der Waals surface area contributed by atoms with E-state index < -0.39 is 0 Å². The average Bonchev–Trinajstić information content (AvgIpc) is 3.00. The van der Waals surface area contributed by atoms with Crippen LogP contribution in [-0.2, 0) is 11.3 Å². The maximum absolute atomic E-state index is 12.4. The van der Waals surface area contributed by atoms with Crippen LogP contribution in [-0.4, -0.2) is 71.8 Å². The molecule has 1 aromatic rings. The molecule has 130 valence electrons. The zero-order valence-electron chi connectivity index (χ0n) is 15.0. The number of hydrogen-bond acceptors (Lipinski definition) is 4. The molecule has 0 bridgehead atoms. The Morgan fingerprint density at radius 1 is 1.30 bits per heavy atom. The monoisotopic (exact) mass is 321 g/mol. The molecule has 0 aromatic carbocycles. The second kappa shape index (κ2) is 8.34. The van der Waals surface area contributed by atoms with E-state index in [0.29, 0.717) is 12.3 Å². The van der Waals surface area contributed by atoms with Crippen LogP contribution in [0.15, 0.2) is 12.4 Å². The Hall–Kier alpha value is -1.56. The lowest BCUT2D eigenvalue weighted by atomic mass is 10.2. The fourth-order valence-electron chi connectivity index (χ4n) is 2.90. The molecule has 0 aliphatic carbocycles. The Morgan fingerprint density at radius 3 is 2.57 bits per heavy atom. The number of nitrogens with zero attached hydrogens (tertiary/aromatic N) is 5. The molecule has 1 aliphatic heterocycles. The van der Waals surface area contributed by atoms with Crippen LogP contribution in [0.4, 0.5) is 5.69 Å². The minimum absolute atomic E-state index is 0.273. The molecule has 0 radical (unpaired) electrons. The molecule has 0 N–H and O–H groups in total. The van der Waals surface area contributed by atoms with Crippen molar-refractivity contribution >= 4 is 11.6 Å². The van der Waals surface area contributed by atoms with Gasteiger partial charge in [-0.2, -0.15) is 5.10 Å². The molecule has 1 amide bonds. The van der Waals surface area contributed by atoms with E-state index in [1.54, 1.807) is 0 Å². The number of piperazine rings is 1. The van der Waals surface area contributed by atoms with E-state index in [1.807, 2.05) is 15.8 Å². The first-order valence-corrected chi connectivity index (χ1v) is 8.73. The summed E-state index contributed by atoms with van der Waals surface area (Å²) >= 11 is 0. The maximum atomic E-state index is 12.4. The van der Waals surface area contributed by atoms with E-state index in [0.717, 1.165) is 51.5 Å². The number of carbonyl (C=O) groups excluding carboxylic acids is 1. The highest BCUT2D eigenvalue weighted by molar-refractivity contribution is 5.77. The standard InChI is InChI=1S/C17H31N5O/c1-5-22-14-16(12-18-22)21(13-15(2)3)7-6-17(23)20-10-8-19(4)9-11-20/h12,14-15H,5-11,13H2,1-4H3. The van der Waals surface area contributed by atoms with Crippen LogP contribution in [0.1, 0.15) is 27.2 Å². The first kappa shape index (κ1) is 17.8. The zero-order valence-corrected chi connectivity index (χ0v) is 15.0. The van der Waals surface area contributed by atoms with Crippen LogP contribution in [0.3, 0.4) is 0 Å². The molecule has 1 saturated heterocycles. The van der Waals surface area contributed by atoms with Gasteiger partial charge in [0.05, 0.1) is 11.9 Å². The summed E-state index contributed by atoms with van der Waals surface area (Å²) in [6, 6.07) is 0. The number of anilines is 1. The summed E-state index contributed by atoms with van der Waals surface area (Å²) in [5.74, 6) is 0.827. The third-order valence-electron chi connectivity index (χ3n) is 4.35. The molecule has 23 heavy (non-hydrogen) atoms. The van der Waals surface area contributed by atoms with Crippen molar-refractivity contribution in [2.45, 2.75) is 33.7 Å². The molecule has 0 atom stereocenters. The van der Waals surface area contributed by atoms with Crippen LogP contribution in [0, 0.1) is 5.92 Å². The van der Waals surface area contributed by atoms with Gasteiger partial charge in [0.2, 0.25) is 5.91 Å². The first-order valence-electron chi connectivity index (χ1n) is 8.73. The molecule has 0 saturated carbocycles. The van der Waals surface area contributed by atoms with E-state index in [-0.39, 0.29) is 5.91 Å². The minimum Gasteiger partial charge on any atom is -0.368 e. The predicted molar refractivity (Wildman–Crippen MR) is 93.6 cm³/mol. The molecule has 0 spiro atoms. The smallest absolute Gasteiger partial charge is 0.224 e. The van der Waals surface area contributed by atoms with Gasteiger partial charge >= 0.3 is 0 Å². The van der Waals surface area contributed by atoms with Crippen molar-refractivity contribution in [2.24, 2.45) is 5.92 Å². The van der Waals surface area contributed by atoms with Gasteiger partial charge in [0.25, 0.3) is 0 Å². The Balaban J connectivity index is 1.91. The molecule has 2 heterocycles. The summed E-state index contributed by atoms with van der Waals surface area (Å²) in [6.07, 6.45) is 4.56. The number of aryl methyl sites for hydroxylation is 1. The number of hydrogen-bond donors (Lipinski definition) is 0. The second-order valence-electron chi connectivity index (χ2n) is 6.83. The molecular weight excluding hydrogens is 290 g/mol. The Labute approximate surface area is 140 Å². The van der Waals surface area contributed by atoms with Crippen molar-refractivity contribution in [3.05, 3.63) is 12.4 Å². The number of carbonyl (C=O) groups is 1. The summed E-state index contributed by atoms with van der Waals surface area (Å²) in [5, 5.41) is 4.36. The van der Waals surface area contributed by atoms with Crippen molar-refractivity contribution in [1.82, 2.24) is 19.6 Å². The highest BCUT2D eigenvalue weighted by Crippen LogP contribution is 2.16. The summed E-state index contributed by atoms with van der Waals surface area (Å²) in [7, 11) is 2.11. The van der Waals surface area contributed by atoms with Gasteiger partial charge in [0.15, 0.2) is 0 Å². The van der Waals surface area contributed by atoms with E-state index in [4.69, 9.17) is 0 Å². The van der Waals surface area contributed by atoms with E-state index in [9.17, 15) is 4.79 Å². The number of aromatic nitrogens is 2. The number of likely N-dealkylation sites (N-methyl/N-ethyl adjacent to an activating group) is 1. The van der Waals surface area contributed by atoms with Gasteiger partial charge in [-0.25, -0.2) is 0 Å². The highest BCUT2D eigenvalue weighted by Gasteiger charge is 2.20.